The number of hydrogen-bond acceptors (Lipinski definition) is 2. The molecule has 1 N–H and O–H groups in total. The summed E-state index contributed by atoms with van der Waals surface area (Å²) < 4.78 is 0. The minimum absolute atomic E-state index is 0.935. The first-order valence-electron chi connectivity index (χ1n) is 7.31. The summed E-state index contributed by atoms with van der Waals surface area (Å²) in [5.74, 6) is 2.97. The summed E-state index contributed by atoms with van der Waals surface area (Å²) in [5.41, 5.74) is 0. The Morgan fingerprint density at radius 3 is 2.56 bits per heavy atom. The van der Waals surface area contributed by atoms with Crippen LogP contribution in [0.25, 0.3) is 0 Å². The maximum absolute atomic E-state index is 3.54. The van der Waals surface area contributed by atoms with E-state index in [1.165, 1.54) is 58.3 Å². The molecule has 0 spiro atoms. The molecule has 0 aromatic heterocycles. The molecule has 2 nitrogen and oxygen atoms in total. The van der Waals surface area contributed by atoms with Gasteiger partial charge in [-0.25, -0.2) is 0 Å². The van der Waals surface area contributed by atoms with Gasteiger partial charge in [-0.15, -0.1) is 0 Å². The zero-order valence-corrected chi connectivity index (χ0v) is 10.6. The first-order valence-corrected chi connectivity index (χ1v) is 7.31. The average molecular weight is 222 g/mol. The minimum atomic E-state index is 0.935. The smallest absolute Gasteiger partial charge is 0.00981 e. The summed E-state index contributed by atoms with van der Waals surface area (Å²) in [4.78, 5) is 2.83. The van der Waals surface area contributed by atoms with Crippen LogP contribution in [0.1, 0.15) is 39.0 Å². The molecule has 2 saturated heterocycles. The first kappa shape index (κ1) is 11.0. The Labute approximate surface area is 99.8 Å². The molecule has 3 fully saturated rings. The molecule has 3 aliphatic rings. The lowest BCUT2D eigenvalue weighted by Gasteiger charge is -2.35. The Bertz CT molecular complexity index is 226. The third kappa shape index (κ3) is 2.02. The van der Waals surface area contributed by atoms with Gasteiger partial charge in [0, 0.05) is 19.1 Å². The number of hydrogen-bond donors (Lipinski definition) is 1. The second kappa shape index (κ2) is 4.66. The van der Waals surface area contributed by atoms with Crippen LogP contribution in [0, 0.1) is 17.8 Å². The largest absolute Gasteiger partial charge is 0.316 e. The van der Waals surface area contributed by atoms with Crippen LogP contribution in [0.15, 0.2) is 0 Å². The van der Waals surface area contributed by atoms with E-state index in [0.29, 0.717) is 0 Å². The summed E-state index contributed by atoms with van der Waals surface area (Å²) in [5, 5.41) is 3.54. The van der Waals surface area contributed by atoms with E-state index in [1.807, 2.05) is 0 Å². The molecular formula is C14H26N2. The highest BCUT2D eigenvalue weighted by atomic mass is 15.2. The lowest BCUT2D eigenvalue weighted by Crippen LogP contribution is -2.38. The molecule has 0 bridgehead atoms. The number of nitrogens with zero attached hydrogens (tertiary/aromatic N) is 1. The maximum atomic E-state index is 3.54. The van der Waals surface area contributed by atoms with Crippen molar-refractivity contribution in [2.45, 2.75) is 45.1 Å². The summed E-state index contributed by atoms with van der Waals surface area (Å²) in [6, 6.07) is 0.935. The molecule has 1 aliphatic carbocycles. The Balaban J connectivity index is 1.57. The molecule has 0 aromatic rings. The average Bonchev–Trinajstić information content (AvgIpc) is 2.89. The molecule has 92 valence electrons. The number of nitrogens with one attached hydrogen (secondary N) is 1. The SMILES string of the molecule is CCC1CCCC(N2C[C@H]3CNC[C@H]3C2)C1. The number of fused-ring (bicyclic) bond motifs is 1. The van der Waals surface area contributed by atoms with E-state index in [-0.39, 0.29) is 0 Å². The van der Waals surface area contributed by atoms with Crippen LogP contribution in [0.4, 0.5) is 0 Å². The van der Waals surface area contributed by atoms with Crippen LogP contribution in [0.5, 0.6) is 0 Å². The molecule has 1 saturated carbocycles. The highest BCUT2D eigenvalue weighted by molar-refractivity contribution is 4.94. The van der Waals surface area contributed by atoms with E-state index >= 15 is 0 Å². The normalized spacial score (nSPS) is 44.8. The van der Waals surface area contributed by atoms with Crippen LogP contribution < -0.4 is 5.32 Å². The molecule has 3 rings (SSSR count). The lowest BCUT2D eigenvalue weighted by atomic mass is 9.83. The zero-order chi connectivity index (χ0) is 11.0. The summed E-state index contributed by atoms with van der Waals surface area (Å²) in [6.45, 7) is 7.71. The monoisotopic (exact) mass is 222 g/mol. The predicted molar refractivity (Wildman–Crippen MR) is 67.5 cm³/mol. The molecule has 2 aliphatic heterocycles. The Kier molecular flexibility index (Phi) is 3.21. The molecule has 16 heavy (non-hydrogen) atoms. The molecule has 4 atom stereocenters. The topological polar surface area (TPSA) is 15.3 Å². The second-order valence-electron chi connectivity index (χ2n) is 6.23. The molecule has 2 unspecified atom stereocenters. The first-order chi connectivity index (χ1) is 7.86. The Hall–Kier alpha value is -0.0800. The molecule has 0 radical (unpaired) electrons. The number of rotatable bonds is 2. The van der Waals surface area contributed by atoms with Crippen molar-refractivity contribution >= 4 is 0 Å². The van der Waals surface area contributed by atoms with Gasteiger partial charge in [-0.3, -0.25) is 4.90 Å². The number of likely N-dealkylation sites (tertiary alicyclic amines) is 1. The van der Waals surface area contributed by atoms with Crippen LogP contribution >= 0.6 is 0 Å². The van der Waals surface area contributed by atoms with Crippen molar-refractivity contribution in [3.63, 3.8) is 0 Å². The van der Waals surface area contributed by atoms with Gasteiger partial charge in [-0.2, -0.15) is 0 Å². The molecule has 0 aromatic carbocycles. The Morgan fingerprint density at radius 1 is 1.12 bits per heavy atom. The lowest BCUT2D eigenvalue weighted by molar-refractivity contribution is 0.146. The van der Waals surface area contributed by atoms with Crippen LogP contribution in [-0.2, 0) is 0 Å². The minimum Gasteiger partial charge on any atom is -0.316 e. The maximum Gasteiger partial charge on any atom is 0.00981 e. The van der Waals surface area contributed by atoms with Crippen LogP contribution in [-0.4, -0.2) is 37.1 Å². The van der Waals surface area contributed by atoms with Crippen molar-refractivity contribution in [1.29, 1.82) is 0 Å². The van der Waals surface area contributed by atoms with E-state index < -0.39 is 0 Å². The van der Waals surface area contributed by atoms with Gasteiger partial charge in [0.05, 0.1) is 0 Å². The van der Waals surface area contributed by atoms with Crippen molar-refractivity contribution in [2.24, 2.45) is 17.8 Å². The third-order valence-electron chi connectivity index (χ3n) is 5.27. The van der Waals surface area contributed by atoms with Crippen molar-refractivity contribution in [3.8, 4) is 0 Å². The third-order valence-corrected chi connectivity index (χ3v) is 5.27. The van der Waals surface area contributed by atoms with E-state index in [4.69, 9.17) is 0 Å². The van der Waals surface area contributed by atoms with Gasteiger partial charge in [0.2, 0.25) is 0 Å². The van der Waals surface area contributed by atoms with Gasteiger partial charge in [0.15, 0.2) is 0 Å². The van der Waals surface area contributed by atoms with Crippen molar-refractivity contribution < 1.29 is 0 Å². The van der Waals surface area contributed by atoms with Crippen LogP contribution in [0.3, 0.4) is 0 Å². The van der Waals surface area contributed by atoms with Gasteiger partial charge in [0.1, 0.15) is 0 Å². The van der Waals surface area contributed by atoms with E-state index in [9.17, 15) is 0 Å². The van der Waals surface area contributed by atoms with Crippen LogP contribution in [0.2, 0.25) is 0 Å². The van der Waals surface area contributed by atoms with Gasteiger partial charge >= 0.3 is 0 Å². The standard InChI is InChI=1S/C14H26N2/c1-2-11-4-3-5-14(6-11)16-9-12-7-15-8-13(12)10-16/h11-15H,2-10H2,1H3/t11?,12-,13+,14?. The molecular weight excluding hydrogens is 196 g/mol. The molecule has 2 heteroatoms. The van der Waals surface area contributed by atoms with E-state index in [0.717, 1.165) is 23.8 Å². The fraction of sp³-hybridized carbons (Fsp3) is 1.00. The molecule has 0 amide bonds. The second-order valence-corrected chi connectivity index (χ2v) is 6.23. The van der Waals surface area contributed by atoms with E-state index in [2.05, 4.69) is 17.1 Å². The van der Waals surface area contributed by atoms with Crippen molar-refractivity contribution in [3.05, 3.63) is 0 Å². The highest BCUT2D eigenvalue weighted by Gasteiger charge is 2.39. The molecule has 2 heterocycles. The summed E-state index contributed by atoms with van der Waals surface area (Å²) in [6.07, 6.45) is 7.34. The van der Waals surface area contributed by atoms with E-state index in [1.54, 1.807) is 0 Å². The predicted octanol–water partition coefficient (Wildman–Crippen LogP) is 2.11. The van der Waals surface area contributed by atoms with Gasteiger partial charge in [-0.05, 0) is 43.7 Å². The van der Waals surface area contributed by atoms with Gasteiger partial charge in [-0.1, -0.05) is 26.2 Å². The fourth-order valence-corrected chi connectivity index (χ4v) is 4.15. The quantitative estimate of drug-likeness (QED) is 0.770. The zero-order valence-electron chi connectivity index (χ0n) is 10.6. The van der Waals surface area contributed by atoms with Gasteiger partial charge < -0.3 is 5.32 Å². The highest BCUT2D eigenvalue weighted by Crippen LogP contribution is 2.35. The van der Waals surface area contributed by atoms with Gasteiger partial charge in [0.25, 0.3) is 0 Å². The Morgan fingerprint density at radius 2 is 1.88 bits per heavy atom. The summed E-state index contributed by atoms with van der Waals surface area (Å²) >= 11 is 0. The van der Waals surface area contributed by atoms with Crippen molar-refractivity contribution in [1.82, 2.24) is 10.2 Å². The van der Waals surface area contributed by atoms with Crippen molar-refractivity contribution in [2.75, 3.05) is 26.2 Å². The summed E-state index contributed by atoms with van der Waals surface area (Å²) in [7, 11) is 0. The fourth-order valence-electron chi connectivity index (χ4n) is 4.15.